The molecule has 7 nitrogen and oxygen atoms in total. The first-order valence-electron chi connectivity index (χ1n) is 8.12. The molecule has 0 aliphatic carbocycles. The summed E-state index contributed by atoms with van der Waals surface area (Å²) in [4.78, 5) is 34.1. The number of hydrogen-bond donors (Lipinski definition) is 1. The van der Waals surface area contributed by atoms with Crippen LogP contribution in [0.15, 0.2) is 36.9 Å². The monoisotopic (exact) mass is 345 g/mol. The molecule has 0 atom stereocenters. The van der Waals surface area contributed by atoms with Crippen LogP contribution in [0.1, 0.15) is 29.0 Å². The molecule has 1 fully saturated rings. The molecule has 0 aromatic carbocycles. The van der Waals surface area contributed by atoms with Crippen molar-refractivity contribution < 1.29 is 14.0 Å². The van der Waals surface area contributed by atoms with Crippen molar-refractivity contribution in [1.29, 1.82) is 0 Å². The van der Waals surface area contributed by atoms with Gasteiger partial charge in [0.25, 0.3) is 11.8 Å². The zero-order valence-corrected chi connectivity index (χ0v) is 14.0. The van der Waals surface area contributed by atoms with Gasteiger partial charge in [-0.25, -0.2) is 9.37 Å². The number of likely N-dealkylation sites (tertiary alicyclic amines) is 1. The van der Waals surface area contributed by atoms with Crippen LogP contribution in [-0.4, -0.2) is 50.0 Å². The molecule has 3 rings (SSSR count). The average molecular weight is 345 g/mol. The average Bonchev–Trinajstić information content (AvgIpc) is 3.06. The fourth-order valence-electron chi connectivity index (χ4n) is 2.85. The van der Waals surface area contributed by atoms with Crippen molar-refractivity contribution in [3.63, 3.8) is 0 Å². The maximum absolute atomic E-state index is 14.9. The molecule has 0 bridgehead atoms. The van der Waals surface area contributed by atoms with Gasteiger partial charge in [-0.3, -0.25) is 14.6 Å². The molecule has 3 heterocycles. The number of imidazole rings is 1. The maximum atomic E-state index is 14.9. The Balaban J connectivity index is 1.55. The molecule has 2 aromatic heterocycles. The summed E-state index contributed by atoms with van der Waals surface area (Å²) in [6.45, 7) is 0.624. The quantitative estimate of drug-likeness (QED) is 0.899. The number of rotatable bonds is 4. The summed E-state index contributed by atoms with van der Waals surface area (Å²) in [7, 11) is 1.73. The van der Waals surface area contributed by atoms with Crippen molar-refractivity contribution >= 4 is 11.8 Å². The highest BCUT2D eigenvalue weighted by Gasteiger charge is 2.42. The number of pyridine rings is 1. The lowest BCUT2D eigenvalue weighted by molar-refractivity contribution is -0.135. The molecular formula is C17H20FN5O2. The van der Waals surface area contributed by atoms with Gasteiger partial charge in [0.05, 0.1) is 0 Å². The number of aromatic nitrogens is 3. The summed E-state index contributed by atoms with van der Waals surface area (Å²) in [5.74, 6) is -0.561. The summed E-state index contributed by atoms with van der Waals surface area (Å²) in [6.07, 6.45) is 6.42. The van der Waals surface area contributed by atoms with E-state index in [1.807, 2.05) is 0 Å². The molecule has 2 aromatic rings. The second-order valence-electron chi connectivity index (χ2n) is 6.16. The van der Waals surface area contributed by atoms with Crippen molar-refractivity contribution in [3.05, 3.63) is 48.3 Å². The highest BCUT2D eigenvalue weighted by atomic mass is 19.1. The van der Waals surface area contributed by atoms with E-state index in [9.17, 15) is 14.0 Å². The second-order valence-corrected chi connectivity index (χ2v) is 6.16. The molecular weight excluding hydrogens is 325 g/mol. The standard InChI is InChI=1S/C17H20FN5O2/c1-22-11-8-20-14(22)15(24)23-9-4-17(18,5-10-23)16(25)21-12-13-2-6-19-7-3-13/h2-3,6-8,11H,4-5,9-10,12H2,1H3,(H,21,25). The van der Waals surface area contributed by atoms with E-state index < -0.39 is 11.6 Å². The fourth-order valence-corrected chi connectivity index (χ4v) is 2.85. The summed E-state index contributed by atoms with van der Waals surface area (Å²) in [5.41, 5.74) is -1.10. The van der Waals surface area contributed by atoms with Gasteiger partial charge in [0.1, 0.15) is 0 Å². The first-order valence-corrected chi connectivity index (χ1v) is 8.12. The Kier molecular flexibility index (Phi) is 4.78. The lowest BCUT2D eigenvalue weighted by Gasteiger charge is -2.35. The predicted octanol–water partition coefficient (Wildman–Crippen LogP) is 1.08. The predicted molar refractivity (Wildman–Crippen MR) is 88.3 cm³/mol. The van der Waals surface area contributed by atoms with Crippen molar-refractivity contribution in [3.8, 4) is 0 Å². The molecule has 1 aliphatic rings. The topological polar surface area (TPSA) is 80.1 Å². The van der Waals surface area contributed by atoms with E-state index in [0.29, 0.717) is 5.82 Å². The van der Waals surface area contributed by atoms with Gasteiger partial charge in [0, 0.05) is 64.3 Å². The zero-order valence-electron chi connectivity index (χ0n) is 14.0. The summed E-state index contributed by atoms with van der Waals surface area (Å²) in [5, 5.41) is 2.63. The van der Waals surface area contributed by atoms with Gasteiger partial charge in [-0.1, -0.05) is 0 Å². The largest absolute Gasteiger partial charge is 0.349 e. The number of aryl methyl sites for hydroxylation is 1. The van der Waals surface area contributed by atoms with Crippen LogP contribution in [-0.2, 0) is 18.4 Å². The summed E-state index contributed by atoms with van der Waals surface area (Å²) >= 11 is 0. The highest BCUT2D eigenvalue weighted by Crippen LogP contribution is 2.27. The van der Waals surface area contributed by atoms with E-state index in [1.165, 1.54) is 4.90 Å². The molecule has 0 spiro atoms. The number of carbonyl (C=O) groups excluding carboxylic acids is 2. The lowest BCUT2D eigenvalue weighted by Crippen LogP contribution is -2.52. The van der Waals surface area contributed by atoms with Gasteiger partial charge >= 0.3 is 0 Å². The molecule has 1 saturated heterocycles. The van der Waals surface area contributed by atoms with Gasteiger partial charge in [-0.05, 0) is 17.7 Å². The van der Waals surface area contributed by atoms with Gasteiger partial charge in [-0.2, -0.15) is 0 Å². The summed E-state index contributed by atoms with van der Waals surface area (Å²) in [6, 6.07) is 3.53. The molecule has 25 heavy (non-hydrogen) atoms. The third-order valence-electron chi connectivity index (χ3n) is 4.47. The fraction of sp³-hybridized carbons (Fsp3) is 0.412. The number of halogens is 1. The Bertz CT molecular complexity index is 753. The van der Waals surface area contributed by atoms with Crippen LogP contribution >= 0.6 is 0 Å². The number of piperidine rings is 1. The zero-order chi connectivity index (χ0) is 17.9. The van der Waals surface area contributed by atoms with Crippen LogP contribution in [0.3, 0.4) is 0 Å². The Morgan fingerprint density at radius 1 is 1.24 bits per heavy atom. The van der Waals surface area contributed by atoms with Crippen LogP contribution in [0.2, 0.25) is 0 Å². The van der Waals surface area contributed by atoms with Gasteiger partial charge in [-0.15, -0.1) is 0 Å². The maximum Gasteiger partial charge on any atom is 0.289 e. The molecule has 0 radical (unpaired) electrons. The van der Waals surface area contributed by atoms with E-state index in [4.69, 9.17) is 0 Å². The Morgan fingerprint density at radius 3 is 2.52 bits per heavy atom. The molecule has 132 valence electrons. The molecule has 1 N–H and O–H groups in total. The third kappa shape index (κ3) is 3.67. The Labute approximate surface area is 144 Å². The molecule has 2 amide bonds. The molecule has 8 heteroatoms. The number of nitrogens with zero attached hydrogens (tertiary/aromatic N) is 4. The van der Waals surface area contributed by atoms with Gasteiger partial charge < -0.3 is 14.8 Å². The Hall–Kier alpha value is -2.77. The van der Waals surface area contributed by atoms with Crippen molar-refractivity contribution in [2.24, 2.45) is 7.05 Å². The molecule has 0 unspecified atom stereocenters. The SMILES string of the molecule is Cn1ccnc1C(=O)N1CCC(F)(C(=O)NCc2ccncc2)CC1. The normalized spacial score (nSPS) is 16.5. The number of alkyl halides is 1. The minimum absolute atomic E-state index is 0.0225. The first kappa shape index (κ1) is 17.1. The van der Waals surface area contributed by atoms with Crippen molar-refractivity contribution in [2.75, 3.05) is 13.1 Å². The van der Waals surface area contributed by atoms with Crippen LogP contribution < -0.4 is 5.32 Å². The minimum Gasteiger partial charge on any atom is -0.349 e. The first-order chi connectivity index (χ1) is 12.0. The van der Waals surface area contributed by atoms with Crippen LogP contribution in [0.25, 0.3) is 0 Å². The van der Waals surface area contributed by atoms with Gasteiger partial charge in [0.2, 0.25) is 0 Å². The smallest absolute Gasteiger partial charge is 0.289 e. The van der Waals surface area contributed by atoms with Crippen LogP contribution in [0.5, 0.6) is 0 Å². The van der Waals surface area contributed by atoms with E-state index in [-0.39, 0.29) is 38.4 Å². The van der Waals surface area contributed by atoms with Crippen LogP contribution in [0.4, 0.5) is 4.39 Å². The van der Waals surface area contributed by atoms with Crippen molar-refractivity contribution in [1.82, 2.24) is 24.8 Å². The lowest BCUT2D eigenvalue weighted by atomic mass is 9.92. The third-order valence-corrected chi connectivity index (χ3v) is 4.47. The van der Waals surface area contributed by atoms with Gasteiger partial charge in [0.15, 0.2) is 11.5 Å². The van der Waals surface area contributed by atoms with E-state index in [0.717, 1.165) is 5.56 Å². The number of nitrogens with one attached hydrogen (secondary N) is 1. The van der Waals surface area contributed by atoms with E-state index in [1.54, 1.807) is 48.5 Å². The second kappa shape index (κ2) is 7.00. The summed E-state index contributed by atoms with van der Waals surface area (Å²) < 4.78 is 16.6. The highest BCUT2D eigenvalue weighted by molar-refractivity contribution is 5.91. The Morgan fingerprint density at radius 2 is 1.92 bits per heavy atom. The van der Waals surface area contributed by atoms with Crippen molar-refractivity contribution in [2.45, 2.75) is 25.1 Å². The van der Waals surface area contributed by atoms with E-state index in [2.05, 4.69) is 15.3 Å². The van der Waals surface area contributed by atoms with Crippen LogP contribution in [0, 0.1) is 0 Å². The number of amides is 2. The minimum atomic E-state index is -1.95. The number of carbonyl (C=O) groups is 2. The molecule has 0 saturated carbocycles. The van der Waals surface area contributed by atoms with E-state index >= 15 is 0 Å². The number of hydrogen-bond acceptors (Lipinski definition) is 4. The molecule has 1 aliphatic heterocycles.